The molecule has 1 aliphatic rings. The Balaban J connectivity index is 2.09. The molecule has 1 aromatic carbocycles. The van der Waals surface area contributed by atoms with Crippen LogP contribution in [0.1, 0.15) is 44.1 Å². The van der Waals surface area contributed by atoms with E-state index in [0.717, 1.165) is 0 Å². The fraction of sp³-hybridized carbons (Fsp3) is 0.520. The van der Waals surface area contributed by atoms with Crippen LogP contribution in [0.15, 0.2) is 29.3 Å². The van der Waals surface area contributed by atoms with E-state index in [4.69, 9.17) is 22.9 Å². The van der Waals surface area contributed by atoms with Crippen LogP contribution in [0.4, 0.5) is 0 Å². The number of aliphatic carboxylic acids is 1. The molecule has 0 radical (unpaired) electrons. The average molecular weight is 563 g/mol. The number of carbonyl (C=O) groups excluding carboxylic acids is 4. The minimum atomic E-state index is -1.28. The van der Waals surface area contributed by atoms with Crippen molar-refractivity contribution in [3.63, 3.8) is 0 Å². The van der Waals surface area contributed by atoms with E-state index in [0.29, 0.717) is 18.4 Å². The Bertz CT molecular complexity index is 1090. The number of carboxylic acids is 1. The van der Waals surface area contributed by atoms with E-state index in [-0.39, 0.29) is 56.9 Å². The first-order valence-corrected chi connectivity index (χ1v) is 12.9. The van der Waals surface area contributed by atoms with E-state index in [1.807, 2.05) is 0 Å². The molecule has 0 aromatic heterocycles. The summed E-state index contributed by atoms with van der Waals surface area (Å²) in [4.78, 5) is 67.6. The van der Waals surface area contributed by atoms with Gasteiger partial charge in [-0.15, -0.1) is 0 Å². The van der Waals surface area contributed by atoms with Crippen molar-refractivity contribution in [3.05, 3.63) is 29.8 Å². The molecule has 220 valence electrons. The lowest BCUT2D eigenvalue weighted by atomic mass is 10.0. The number of carbonyl (C=O) groups is 5. The van der Waals surface area contributed by atoms with Gasteiger partial charge in [-0.2, -0.15) is 0 Å². The Morgan fingerprint density at radius 2 is 1.70 bits per heavy atom. The van der Waals surface area contributed by atoms with E-state index in [1.54, 1.807) is 12.1 Å². The first-order valence-electron chi connectivity index (χ1n) is 12.9. The third kappa shape index (κ3) is 10.1. The number of rotatable bonds is 15. The molecule has 1 fully saturated rings. The highest BCUT2D eigenvalue weighted by Gasteiger charge is 2.39. The maximum Gasteiger partial charge on any atom is 0.326 e. The number of guanidine groups is 1. The predicted octanol–water partition coefficient (Wildman–Crippen LogP) is -2.37. The fourth-order valence-electron chi connectivity index (χ4n) is 4.31. The summed E-state index contributed by atoms with van der Waals surface area (Å²) >= 11 is 0. The van der Waals surface area contributed by atoms with Crippen molar-refractivity contribution in [1.82, 2.24) is 15.5 Å². The molecule has 0 bridgehead atoms. The Morgan fingerprint density at radius 1 is 1.02 bits per heavy atom. The Hall–Kier alpha value is -4.40. The molecule has 1 aliphatic heterocycles. The lowest BCUT2D eigenvalue weighted by molar-refractivity contribution is -0.145. The van der Waals surface area contributed by atoms with E-state index in [2.05, 4.69) is 15.6 Å². The zero-order chi connectivity index (χ0) is 29.8. The van der Waals surface area contributed by atoms with Gasteiger partial charge >= 0.3 is 5.97 Å². The van der Waals surface area contributed by atoms with Crippen LogP contribution >= 0.6 is 0 Å². The van der Waals surface area contributed by atoms with Gasteiger partial charge in [0.25, 0.3) is 0 Å². The second-order valence-corrected chi connectivity index (χ2v) is 9.58. The summed E-state index contributed by atoms with van der Waals surface area (Å²) in [6.45, 7) is 0.460. The molecule has 1 heterocycles. The number of aromatic hydroxyl groups is 1. The van der Waals surface area contributed by atoms with Crippen molar-refractivity contribution in [2.45, 2.75) is 69.1 Å². The summed E-state index contributed by atoms with van der Waals surface area (Å²) in [6.07, 6.45) is 1.05. The summed E-state index contributed by atoms with van der Waals surface area (Å²) in [5.41, 5.74) is 22.3. The van der Waals surface area contributed by atoms with E-state index < -0.39 is 53.8 Å². The molecule has 1 saturated heterocycles. The first kappa shape index (κ1) is 31.8. The van der Waals surface area contributed by atoms with Crippen molar-refractivity contribution in [2.75, 3.05) is 13.1 Å². The monoisotopic (exact) mass is 562 g/mol. The average Bonchev–Trinajstić information content (AvgIpc) is 3.39. The number of phenols is 1. The number of nitrogens with one attached hydrogen (secondary N) is 2. The van der Waals surface area contributed by atoms with Crippen molar-refractivity contribution < 1.29 is 34.2 Å². The fourth-order valence-corrected chi connectivity index (χ4v) is 4.31. The molecule has 15 nitrogen and oxygen atoms in total. The van der Waals surface area contributed by atoms with Crippen LogP contribution in [0, 0.1) is 0 Å². The summed E-state index contributed by atoms with van der Waals surface area (Å²) in [5.74, 6) is -3.91. The summed E-state index contributed by atoms with van der Waals surface area (Å²) in [7, 11) is 0. The number of phenolic OH excluding ortho intramolecular Hbond substituents is 1. The number of nitrogens with two attached hydrogens (primary N) is 4. The number of aliphatic imine (C=N–C) groups is 1. The van der Waals surface area contributed by atoms with Gasteiger partial charge in [-0.1, -0.05) is 12.1 Å². The van der Waals surface area contributed by atoms with Crippen molar-refractivity contribution >= 4 is 35.6 Å². The van der Waals surface area contributed by atoms with Gasteiger partial charge in [0.1, 0.15) is 23.9 Å². The van der Waals surface area contributed by atoms with Gasteiger partial charge < -0.3 is 48.7 Å². The van der Waals surface area contributed by atoms with Crippen LogP contribution in [0.5, 0.6) is 5.75 Å². The molecule has 0 aliphatic carbocycles. The number of hydrogen-bond donors (Lipinski definition) is 8. The molecule has 0 spiro atoms. The molecule has 1 aromatic rings. The number of nitrogens with zero attached hydrogens (tertiary/aromatic N) is 2. The predicted molar refractivity (Wildman–Crippen MR) is 144 cm³/mol. The number of amides is 4. The second kappa shape index (κ2) is 15.3. The number of likely N-dealkylation sites (tertiary alicyclic amines) is 1. The Labute approximate surface area is 231 Å². The smallest absolute Gasteiger partial charge is 0.326 e. The van der Waals surface area contributed by atoms with Crippen LogP contribution in [0.3, 0.4) is 0 Å². The lowest BCUT2D eigenvalue weighted by Crippen LogP contribution is -2.57. The largest absolute Gasteiger partial charge is 0.508 e. The number of hydrogen-bond acceptors (Lipinski definition) is 8. The molecule has 4 amide bonds. The van der Waals surface area contributed by atoms with E-state index in [9.17, 15) is 34.2 Å². The Morgan fingerprint density at radius 3 is 2.30 bits per heavy atom. The molecule has 12 N–H and O–H groups in total. The zero-order valence-electron chi connectivity index (χ0n) is 22.1. The van der Waals surface area contributed by atoms with Gasteiger partial charge in [0.15, 0.2) is 5.96 Å². The first-order chi connectivity index (χ1) is 18.9. The van der Waals surface area contributed by atoms with Crippen molar-refractivity contribution in [3.8, 4) is 5.75 Å². The van der Waals surface area contributed by atoms with Gasteiger partial charge in [0, 0.05) is 25.9 Å². The van der Waals surface area contributed by atoms with Crippen molar-refractivity contribution in [1.29, 1.82) is 0 Å². The lowest BCUT2D eigenvalue weighted by Gasteiger charge is -2.30. The summed E-state index contributed by atoms with van der Waals surface area (Å²) in [5, 5.41) is 24.1. The SMILES string of the molecule is NC(=O)CCC(NC(=O)C(N)CCCN=C(N)N)C(=O)N1CCCC1C(=O)NC(Cc1ccc(O)cc1)C(=O)O. The zero-order valence-corrected chi connectivity index (χ0v) is 22.1. The van der Waals surface area contributed by atoms with Gasteiger partial charge in [0.2, 0.25) is 23.6 Å². The van der Waals surface area contributed by atoms with Gasteiger partial charge in [-0.05, 0) is 49.8 Å². The number of benzene rings is 1. The van der Waals surface area contributed by atoms with E-state index in [1.165, 1.54) is 17.0 Å². The maximum atomic E-state index is 13.5. The van der Waals surface area contributed by atoms with Crippen LogP contribution in [-0.4, -0.2) is 87.9 Å². The maximum absolute atomic E-state index is 13.5. The summed E-state index contributed by atoms with van der Waals surface area (Å²) < 4.78 is 0. The normalized spacial score (nSPS) is 16.8. The van der Waals surface area contributed by atoms with Gasteiger partial charge in [-0.3, -0.25) is 24.2 Å². The molecule has 40 heavy (non-hydrogen) atoms. The summed E-state index contributed by atoms with van der Waals surface area (Å²) in [6, 6.07) is 1.48. The molecule has 4 atom stereocenters. The van der Waals surface area contributed by atoms with Crippen molar-refractivity contribution in [2.24, 2.45) is 27.9 Å². The molecule has 2 rings (SSSR count). The third-order valence-corrected chi connectivity index (χ3v) is 6.43. The highest BCUT2D eigenvalue weighted by molar-refractivity contribution is 5.94. The highest BCUT2D eigenvalue weighted by Crippen LogP contribution is 2.20. The second-order valence-electron chi connectivity index (χ2n) is 9.58. The highest BCUT2D eigenvalue weighted by atomic mass is 16.4. The third-order valence-electron chi connectivity index (χ3n) is 6.43. The molecule has 4 unspecified atom stereocenters. The minimum Gasteiger partial charge on any atom is -0.508 e. The van der Waals surface area contributed by atoms with Gasteiger partial charge in [0.05, 0.1) is 6.04 Å². The molecular formula is C25H38N8O7. The Kier molecular flexibility index (Phi) is 12.1. The van der Waals surface area contributed by atoms with Crippen LogP contribution in [0.2, 0.25) is 0 Å². The van der Waals surface area contributed by atoms with Crippen LogP contribution in [-0.2, 0) is 30.4 Å². The molecular weight excluding hydrogens is 524 g/mol. The molecule has 15 heteroatoms. The van der Waals surface area contributed by atoms with Crippen LogP contribution in [0.25, 0.3) is 0 Å². The van der Waals surface area contributed by atoms with Crippen LogP contribution < -0.4 is 33.6 Å². The topological polar surface area (TPSA) is 270 Å². The minimum absolute atomic E-state index is 0.0182. The molecule has 0 saturated carbocycles. The van der Waals surface area contributed by atoms with Gasteiger partial charge in [-0.25, -0.2) is 4.79 Å². The van der Waals surface area contributed by atoms with E-state index >= 15 is 0 Å². The standard InChI is InChI=1S/C25H38N8O7/c26-16(3-1-11-30-25(28)29)21(36)31-17(9-10-20(27)35)23(38)33-12-2-4-19(33)22(37)32-18(24(39)40)13-14-5-7-15(34)8-6-14/h5-8,16-19,34H,1-4,9-13,26H2,(H2,27,35)(H,31,36)(H,32,37)(H,39,40)(H4,28,29,30). The quantitative estimate of drug-likeness (QED) is 0.0639. The number of primary amides is 1. The number of carboxylic acid groups (broad SMARTS) is 1.